The number of amides is 1. The van der Waals surface area contributed by atoms with Crippen LogP contribution in [0.4, 0.5) is 17.1 Å². The molecule has 1 N–H and O–H groups in total. The van der Waals surface area contributed by atoms with Crippen molar-refractivity contribution in [2.24, 2.45) is 10.2 Å². The summed E-state index contributed by atoms with van der Waals surface area (Å²) in [6, 6.07) is 13.7. The Labute approximate surface area is 142 Å². The van der Waals surface area contributed by atoms with Gasteiger partial charge < -0.3 is 10.2 Å². The van der Waals surface area contributed by atoms with Crippen molar-refractivity contribution in [1.82, 2.24) is 5.32 Å². The third kappa shape index (κ3) is 3.45. The van der Waals surface area contributed by atoms with Gasteiger partial charge in [0, 0.05) is 30.9 Å². The lowest BCUT2D eigenvalue weighted by Crippen LogP contribution is -2.31. The lowest BCUT2D eigenvalue weighted by molar-refractivity contribution is 0.0946. The molecule has 0 radical (unpaired) electrons. The zero-order chi connectivity index (χ0) is 16.9. The smallest absolute Gasteiger partial charge is 0.251 e. The first-order valence-electron chi connectivity index (χ1n) is 8.39. The largest absolute Gasteiger partial charge is 0.372 e. The zero-order valence-corrected chi connectivity index (χ0v) is 14.1. The summed E-state index contributed by atoms with van der Waals surface area (Å²) in [5.74, 6) is -0.0307. The van der Waals surface area contributed by atoms with E-state index in [0.29, 0.717) is 17.8 Å². The van der Waals surface area contributed by atoms with E-state index in [-0.39, 0.29) is 5.91 Å². The quantitative estimate of drug-likeness (QED) is 0.837. The summed E-state index contributed by atoms with van der Waals surface area (Å²) >= 11 is 0. The molecule has 2 aromatic carbocycles. The van der Waals surface area contributed by atoms with Crippen LogP contribution in [0.1, 0.15) is 29.8 Å². The molecular weight excluding hydrogens is 300 g/mol. The van der Waals surface area contributed by atoms with Gasteiger partial charge in [-0.25, -0.2) is 0 Å². The molecule has 0 bridgehead atoms. The Balaban J connectivity index is 1.76. The first-order valence-corrected chi connectivity index (χ1v) is 8.39. The molecule has 1 aliphatic rings. The predicted molar refractivity (Wildman–Crippen MR) is 96.7 cm³/mol. The highest BCUT2D eigenvalue weighted by Crippen LogP contribution is 2.24. The molecule has 1 amide bonds. The topological polar surface area (TPSA) is 57.1 Å². The molecule has 0 spiro atoms. The van der Waals surface area contributed by atoms with E-state index in [1.54, 1.807) is 6.07 Å². The fraction of sp³-hybridized carbons (Fsp3) is 0.316. The van der Waals surface area contributed by atoms with Gasteiger partial charge in [-0.1, -0.05) is 6.07 Å². The summed E-state index contributed by atoms with van der Waals surface area (Å²) in [4.78, 5) is 14.2. The molecule has 1 aliphatic heterocycles. The second-order valence-electron chi connectivity index (χ2n) is 5.74. The highest BCUT2D eigenvalue weighted by atomic mass is 16.1. The normalized spacial score (nSPS) is 13.7. The maximum atomic E-state index is 11.9. The minimum absolute atomic E-state index is 0.0307. The summed E-state index contributed by atoms with van der Waals surface area (Å²) < 4.78 is 0. The van der Waals surface area contributed by atoms with Crippen LogP contribution in [0.3, 0.4) is 0 Å². The van der Waals surface area contributed by atoms with Crippen LogP contribution in [0, 0.1) is 0 Å². The van der Waals surface area contributed by atoms with E-state index >= 15 is 0 Å². The van der Waals surface area contributed by atoms with Gasteiger partial charge in [0.1, 0.15) is 0 Å². The van der Waals surface area contributed by atoms with Crippen molar-refractivity contribution in [3.8, 4) is 0 Å². The molecule has 3 rings (SSSR count). The average Bonchev–Trinajstić information content (AvgIpc) is 2.62. The van der Waals surface area contributed by atoms with Gasteiger partial charge in [0.15, 0.2) is 0 Å². The number of hydrogen-bond acceptors (Lipinski definition) is 4. The maximum absolute atomic E-state index is 11.9. The first kappa shape index (κ1) is 16.2. The van der Waals surface area contributed by atoms with Crippen LogP contribution in [0.15, 0.2) is 52.7 Å². The van der Waals surface area contributed by atoms with E-state index < -0.39 is 0 Å². The second kappa shape index (κ2) is 7.25. The van der Waals surface area contributed by atoms with Crippen LogP contribution in [0.2, 0.25) is 0 Å². The first-order chi connectivity index (χ1) is 11.7. The van der Waals surface area contributed by atoms with Crippen molar-refractivity contribution in [3.63, 3.8) is 0 Å². The average molecular weight is 322 g/mol. The van der Waals surface area contributed by atoms with E-state index in [2.05, 4.69) is 46.4 Å². The number of carbonyl (C=O) groups is 1. The highest BCUT2D eigenvalue weighted by Gasteiger charge is 2.16. The minimum Gasteiger partial charge on any atom is -0.372 e. The summed E-state index contributed by atoms with van der Waals surface area (Å²) in [5, 5.41) is 11.4. The van der Waals surface area contributed by atoms with Gasteiger partial charge in [0.05, 0.1) is 11.4 Å². The molecule has 0 saturated heterocycles. The Morgan fingerprint density at radius 3 is 2.38 bits per heavy atom. The fourth-order valence-electron chi connectivity index (χ4n) is 2.90. The number of fused-ring (bicyclic) bond motifs is 1. The zero-order valence-electron chi connectivity index (χ0n) is 14.1. The molecule has 0 aromatic heterocycles. The lowest BCUT2D eigenvalue weighted by Gasteiger charge is -2.20. The molecular formula is C19H22N4O. The van der Waals surface area contributed by atoms with Gasteiger partial charge in [0.2, 0.25) is 0 Å². The summed E-state index contributed by atoms with van der Waals surface area (Å²) in [5.41, 5.74) is 4.45. The summed E-state index contributed by atoms with van der Waals surface area (Å²) in [7, 11) is 0. The van der Waals surface area contributed by atoms with E-state index in [0.717, 1.165) is 30.8 Å². The second-order valence-corrected chi connectivity index (χ2v) is 5.74. The van der Waals surface area contributed by atoms with Crippen molar-refractivity contribution in [3.05, 3.63) is 53.6 Å². The van der Waals surface area contributed by atoms with Crippen molar-refractivity contribution in [2.45, 2.75) is 20.3 Å². The van der Waals surface area contributed by atoms with Crippen molar-refractivity contribution < 1.29 is 4.79 Å². The minimum atomic E-state index is -0.0307. The molecule has 0 saturated carbocycles. The van der Waals surface area contributed by atoms with Gasteiger partial charge in [-0.2, -0.15) is 10.2 Å². The van der Waals surface area contributed by atoms with Crippen LogP contribution >= 0.6 is 0 Å². The predicted octanol–water partition coefficient (Wildman–Crippen LogP) is 4.23. The number of nitrogens with zero attached hydrogens (tertiary/aromatic N) is 3. The third-order valence-electron chi connectivity index (χ3n) is 4.28. The van der Waals surface area contributed by atoms with E-state index in [1.165, 1.54) is 5.69 Å². The molecule has 0 fully saturated rings. The Hall–Kier alpha value is -2.69. The number of azo groups is 1. The van der Waals surface area contributed by atoms with Crippen LogP contribution in [-0.4, -0.2) is 25.5 Å². The van der Waals surface area contributed by atoms with Crippen LogP contribution in [-0.2, 0) is 6.42 Å². The summed E-state index contributed by atoms with van der Waals surface area (Å²) in [6.45, 7) is 6.95. The van der Waals surface area contributed by atoms with Crippen molar-refractivity contribution in [1.29, 1.82) is 0 Å². The third-order valence-corrected chi connectivity index (χ3v) is 4.28. The lowest BCUT2D eigenvalue weighted by atomic mass is 10.00. The molecule has 24 heavy (non-hydrogen) atoms. The van der Waals surface area contributed by atoms with Gasteiger partial charge in [0.25, 0.3) is 5.91 Å². The van der Waals surface area contributed by atoms with Crippen molar-refractivity contribution in [2.75, 3.05) is 24.5 Å². The molecule has 0 atom stereocenters. The number of rotatable bonds is 5. The van der Waals surface area contributed by atoms with E-state index in [4.69, 9.17) is 0 Å². The molecule has 5 heteroatoms. The standard InChI is InChI=1S/C19H22N4O/c1-3-23(4-2)17-9-7-15(8-10-17)21-22-16-6-5-14-11-12-20-19(24)18(14)13-16/h5-10,13H,3-4,11-12H2,1-2H3,(H,20,24). The molecule has 2 aromatic rings. The van der Waals surface area contributed by atoms with E-state index in [9.17, 15) is 4.79 Å². The van der Waals surface area contributed by atoms with Crippen LogP contribution < -0.4 is 10.2 Å². The Morgan fingerprint density at radius 1 is 1.00 bits per heavy atom. The van der Waals surface area contributed by atoms with E-state index in [1.807, 2.05) is 24.3 Å². The Morgan fingerprint density at radius 2 is 1.67 bits per heavy atom. The number of carbonyl (C=O) groups excluding carboxylic acids is 1. The number of benzene rings is 2. The number of hydrogen-bond donors (Lipinski definition) is 1. The van der Waals surface area contributed by atoms with Gasteiger partial charge in [-0.3, -0.25) is 4.79 Å². The molecule has 124 valence electrons. The Bertz CT molecular complexity index is 748. The monoisotopic (exact) mass is 322 g/mol. The molecule has 5 nitrogen and oxygen atoms in total. The van der Waals surface area contributed by atoms with Crippen LogP contribution in [0.25, 0.3) is 0 Å². The molecule has 0 aliphatic carbocycles. The van der Waals surface area contributed by atoms with Crippen LogP contribution in [0.5, 0.6) is 0 Å². The van der Waals surface area contributed by atoms with Crippen molar-refractivity contribution >= 4 is 23.0 Å². The van der Waals surface area contributed by atoms with Gasteiger partial charge in [-0.15, -0.1) is 0 Å². The highest BCUT2D eigenvalue weighted by molar-refractivity contribution is 5.97. The van der Waals surface area contributed by atoms with Gasteiger partial charge >= 0.3 is 0 Å². The molecule has 0 unspecified atom stereocenters. The number of nitrogens with one attached hydrogen (secondary N) is 1. The Kier molecular flexibility index (Phi) is 4.89. The fourth-order valence-corrected chi connectivity index (χ4v) is 2.90. The number of anilines is 1. The maximum Gasteiger partial charge on any atom is 0.251 e. The summed E-state index contributed by atoms with van der Waals surface area (Å²) in [6.07, 6.45) is 0.866. The molecule has 1 heterocycles. The van der Waals surface area contributed by atoms with Gasteiger partial charge in [-0.05, 0) is 62.2 Å². The SMILES string of the molecule is CCN(CC)c1ccc(N=Nc2ccc3c(c2)C(=O)NCC3)cc1.